The van der Waals surface area contributed by atoms with E-state index in [0.29, 0.717) is 54.8 Å². The van der Waals surface area contributed by atoms with Crippen molar-refractivity contribution in [2.24, 2.45) is 5.92 Å². The van der Waals surface area contributed by atoms with E-state index in [9.17, 15) is 9.18 Å². The molecule has 7 heterocycles. The van der Waals surface area contributed by atoms with Gasteiger partial charge in [0, 0.05) is 49.1 Å². The number of halogens is 3. The Labute approximate surface area is 320 Å². The maximum Gasteiger partial charge on any atom is 0.519 e. The van der Waals surface area contributed by atoms with Gasteiger partial charge in [-0.25, -0.2) is 22.9 Å². The van der Waals surface area contributed by atoms with Crippen LogP contribution in [0.2, 0.25) is 0 Å². The predicted molar refractivity (Wildman–Crippen MR) is 204 cm³/mol. The van der Waals surface area contributed by atoms with Crippen LogP contribution in [0.3, 0.4) is 0 Å². The Kier molecular flexibility index (Phi) is 9.04. The van der Waals surface area contributed by atoms with Crippen LogP contribution in [0.25, 0.3) is 32.9 Å². The minimum atomic E-state index is -0.950. The van der Waals surface area contributed by atoms with Crippen molar-refractivity contribution < 1.29 is 31.5 Å². The number of fused-ring (bicyclic) bond motifs is 4. The Morgan fingerprint density at radius 3 is 2.80 bits per heavy atom. The van der Waals surface area contributed by atoms with Crippen molar-refractivity contribution in [3.05, 3.63) is 81.9 Å². The van der Waals surface area contributed by atoms with Crippen molar-refractivity contribution in [3.8, 4) is 35.4 Å². The molecular formula is C42H41F3N6O5. The highest BCUT2D eigenvalue weighted by atomic mass is 19.1. The molecule has 4 aliphatic rings. The Morgan fingerprint density at radius 1 is 1.16 bits per heavy atom. The normalized spacial score (nSPS) is 24.5. The molecule has 0 aliphatic carbocycles. The number of hydrogen-bond acceptors (Lipinski definition) is 11. The molecule has 0 unspecified atom stereocenters. The number of terminal acetylenes is 1. The molecule has 4 aliphatic heterocycles. The summed E-state index contributed by atoms with van der Waals surface area (Å²) < 4.78 is 70.4. The third-order valence-corrected chi connectivity index (χ3v) is 12.0. The standard InChI is InChI=1S/C42H41F3N6O5/c1-5-8-26-19-51-32(17-46-26)22(3)13-31-35-38(48-40(49-39(35)51)54-21-42-11-7-12-50(42)18-25(43)16-42)36(45)37(47-31)29-15-27(53-20-33-23(4)55-41(52)56-33)14-24-9-10-30(44)28(6-2)34(24)29/h2,5,9-10,14-15,22,25-26,32,46H,1,7-8,11-13,16-21H2,3-4H3/t22-,25+,26+,32+,42-/m0/s1. The van der Waals surface area contributed by atoms with Gasteiger partial charge >= 0.3 is 11.8 Å². The molecule has 1 N–H and O–H groups in total. The first-order valence-corrected chi connectivity index (χ1v) is 19.0. The Balaban J connectivity index is 1.23. The minimum Gasteiger partial charge on any atom is -0.485 e. The van der Waals surface area contributed by atoms with Gasteiger partial charge in [0.2, 0.25) is 0 Å². The number of aryl methyl sites for hydroxylation is 1. The zero-order valence-corrected chi connectivity index (χ0v) is 31.2. The van der Waals surface area contributed by atoms with Crippen LogP contribution < -0.4 is 25.5 Å². The molecule has 9 rings (SSSR count). The number of ether oxygens (including phenoxy) is 2. The lowest BCUT2D eigenvalue weighted by Gasteiger charge is -2.42. The van der Waals surface area contributed by atoms with E-state index in [1.165, 1.54) is 12.1 Å². The Bertz CT molecular complexity index is 2500. The largest absolute Gasteiger partial charge is 0.519 e. The summed E-state index contributed by atoms with van der Waals surface area (Å²) in [6, 6.07) is 6.04. The summed E-state index contributed by atoms with van der Waals surface area (Å²) in [5, 5.41) is 4.86. The summed E-state index contributed by atoms with van der Waals surface area (Å²) in [4.78, 5) is 30.8. The molecule has 5 aromatic rings. The Hall–Kier alpha value is -5.39. The van der Waals surface area contributed by atoms with Gasteiger partial charge in [-0.1, -0.05) is 25.0 Å². The lowest BCUT2D eigenvalue weighted by molar-refractivity contribution is 0.107. The highest BCUT2D eigenvalue weighted by Crippen LogP contribution is 2.44. The summed E-state index contributed by atoms with van der Waals surface area (Å²) >= 11 is 0. The molecule has 3 aromatic heterocycles. The number of hydrogen-bond donors (Lipinski definition) is 1. The van der Waals surface area contributed by atoms with Crippen molar-refractivity contribution >= 4 is 27.5 Å². The molecule has 3 saturated heterocycles. The van der Waals surface area contributed by atoms with Gasteiger partial charge in [0.25, 0.3) is 0 Å². The fourth-order valence-electron chi connectivity index (χ4n) is 9.32. The molecule has 2 aromatic carbocycles. The van der Waals surface area contributed by atoms with Crippen LogP contribution >= 0.6 is 0 Å². The van der Waals surface area contributed by atoms with Gasteiger partial charge in [-0.05, 0) is 68.7 Å². The van der Waals surface area contributed by atoms with Gasteiger partial charge in [0.15, 0.2) is 17.3 Å². The highest BCUT2D eigenvalue weighted by Gasteiger charge is 2.49. The summed E-state index contributed by atoms with van der Waals surface area (Å²) in [7, 11) is 0. The molecule has 56 heavy (non-hydrogen) atoms. The first-order valence-electron chi connectivity index (χ1n) is 19.0. The Morgan fingerprint density at radius 2 is 2.02 bits per heavy atom. The summed E-state index contributed by atoms with van der Waals surface area (Å²) in [6.45, 7) is 10.0. The van der Waals surface area contributed by atoms with Crippen LogP contribution in [0.15, 0.2) is 50.5 Å². The number of nitrogens with zero attached hydrogens (tertiary/aromatic N) is 5. The molecule has 14 heteroatoms. The molecule has 0 spiro atoms. The third kappa shape index (κ3) is 6.08. The van der Waals surface area contributed by atoms with Crippen LogP contribution in [0.1, 0.15) is 55.4 Å². The van der Waals surface area contributed by atoms with Crippen molar-refractivity contribution in [1.29, 1.82) is 0 Å². The number of rotatable bonds is 9. The molecule has 5 atom stereocenters. The van der Waals surface area contributed by atoms with E-state index in [1.54, 1.807) is 19.1 Å². The molecule has 3 fully saturated rings. The molecular weight excluding hydrogens is 725 g/mol. The van der Waals surface area contributed by atoms with E-state index in [-0.39, 0.29) is 82.2 Å². The van der Waals surface area contributed by atoms with Gasteiger partial charge in [0.1, 0.15) is 48.0 Å². The minimum absolute atomic E-state index is 0.00107. The molecule has 0 saturated carbocycles. The zero-order valence-electron chi connectivity index (χ0n) is 31.2. The molecule has 0 bridgehead atoms. The van der Waals surface area contributed by atoms with E-state index < -0.39 is 29.2 Å². The van der Waals surface area contributed by atoms with Crippen molar-refractivity contribution in [2.75, 3.05) is 37.7 Å². The predicted octanol–water partition coefficient (Wildman–Crippen LogP) is 6.41. The fourth-order valence-corrected chi connectivity index (χ4v) is 9.32. The number of alkyl halides is 1. The van der Waals surface area contributed by atoms with Gasteiger partial charge in [0.05, 0.1) is 22.2 Å². The second kappa shape index (κ2) is 14.0. The summed E-state index contributed by atoms with van der Waals surface area (Å²) in [6.07, 6.45) is 10.1. The van der Waals surface area contributed by atoms with E-state index in [4.69, 9.17) is 39.7 Å². The smallest absolute Gasteiger partial charge is 0.485 e. The number of benzene rings is 2. The van der Waals surface area contributed by atoms with Crippen LogP contribution in [-0.4, -0.2) is 76.4 Å². The average molecular weight is 767 g/mol. The number of aromatic nitrogens is 3. The lowest BCUT2D eigenvalue weighted by Crippen LogP contribution is -2.58. The van der Waals surface area contributed by atoms with E-state index in [1.807, 2.05) is 6.08 Å². The molecule has 11 nitrogen and oxygen atoms in total. The SMILES string of the molecule is C#Cc1c(F)ccc2cc(OCc3oc(=O)oc3C)cc(-c3nc4c5c(nc(OC[C@@]67CCCN6C[C@H](F)C7)nc5c3F)N3C[C@@H](CC=C)NC[C@@H]3[C@@H](C)C4)c12. The third-order valence-electron chi connectivity index (χ3n) is 12.0. The molecule has 0 amide bonds. The summed E-state index contributed by atoms with van der Waals surface area (Å²) in [5.41, 5.74) is 0.127. The van der Waals surface area contributed by atoms with Gasteiger partial charge in [-0.15, -0.1) is 13.0 Å². The first kappa shape index (κ1) is 36.3. The maximum atomic E-state index is 17.7. The van der Waals surface area contributed by atoms with E-state index in [2.05, 4.69) is 34.5 Å². The lowest BCUT2D eigenvalue weighted by atomic mass is 9.92. The van der Waals surface area contributed by atoms with Gasteiger partial charge < -0.3 is 28.5 Å². The topological polar surface area (TPSA) is 119 Å². The van der Waals surface area contributed by atoms with Crippen molar-refractivity contribution in [2.45, 2.75) is 76.4 Å². The van der Waals surface area contributed by atoms with Crippen LogP contribution in [-0.2, 0) is 13.0 Å². The van der Waals surface area contributed by atoms with Crippen LogP contribution in [0, 0.1) is 36.8 Å². The van der Waals surface area contributed by atoms with E-state index in [0.717, 1.165) is 25.8 Å². The number of anilines is 1. The van der Waals surface area contributed by atoms with Crippen molar-refractivity contribution in [1.82, 2.24) is 25.2 Å². The second-order valence-corrected chi connectivity index (χ2v) is 15.5. The summed E-state index contributed by atoms with van der Waals surface area (Å²) in [5.74, 6) is 1.44. The van der Waals surface area contributed by atoms with Crippen LogP contribution in [0.5, 0.6) is 11.8 Å². The molecule has 290 valence electrons. The van der Waals surface area contributed by atoms with Crippen molar-refractivity contribution in [3.63, 3.8) is 0 Å². The maximum absolute atomic E-state index is 17.7. The quantitative estimate of drug-likeness (QED) is 0.133. The monoisotopic (exact) mass is 766 g/mol. The number of nitrogens with one attached hydrogen (secondary N) is 1. The number of piperazine rings is 1. The highest BCUT2D eigenvalue weighted by molar-refractivity contribution is 6.03. The van der Waals surface area contributed by atoms with Gasteiger partial charge in [-0.3, -0.25) is 4.90 Å². The molecule has 0 radical (unpaired) electrons. The average Bonchev–Trinajstić information content (AvgIpc) is 3.80. The van der Waals surface area contributed by atoms with Gasteiger partial charge in [-0.2, -0.15) is 9.97 Å². The van der Waals surface area contributed by atoms with E-state index >= 15 is 8.78 Å². The second-order valence-electron chi connectivity index (χ2n) is 15.5. The fraction of sp³-hybridized carbons (Fsp3) is 0.429. The number of pyridine rings is 1. The zero-order chi connectivity index (χ0) is 38.9. The van der Waals surface area contributed by atoms with Crippen LogP contribution in [0.4, 0.5) is 19.0 Å². The first-order chi connectivity index (χ1) is 27.1.